The highest BCUT2D eigenvalue weighted by atomic mass is 32.2. The van der Waals surface area contributed by atoms with Crippen molar-refractivity contribution in [2.75, 3.05) is 11.9 Å². The summed E-state index contributed by atoms with van der Waals surface area (Å²) in [4.78, 5) is 11.3. The number of benzene rings is 2. The normalized spacial score (nSPS) is 17.2. The van der Waals surface area contributed by atoms with Crippen molar-refractivity contribution in [2.24, 2.45) is 0 Å². The van der Waals surface area contributed by atoms with Gasteiger partial charge in [0, 0.05) is 24.7 Å². The fourth-order valence-electron chi connectivity index (χ4n) is 3.77. The number of amides is 1. The highest BCUT2D eigenvalue weighted by Crippen LogP contribution is 2.39. The van der Waals surface area contributed by atoms with E-state index < -0.39 is 16.1 Å². The summed E-state index contributed by atoms with van der Waals surface area (Å²) in [6.45, 7) is 1.78. The second kappa shape index (κ2) is 8.00. The molecule has 9 heteroatoms. The highest BCUT2D eigenvalue weighted by molar-refractivity contribution is 7.89. The van der Waals surface area contributed by atoms with Gasteiger partial charge in [-0.05, 0) is 54.8 Å². The number of halogens is 1. The van der Waals surface area contributed by atoms with Gasteiger partial charge in [-0.3, -0.25) is 9.89 Å². The number of nitrogens with one attached hydrogen (secondary N) is 2. The zero-order chi connectivity index (χ0) is 21.3. The van der Waals surface area contributed by atoms with Gasteiger partial charge in [0.2, 0.25) is 15.9 Å². The molecule has 0 spiro atoms. The zero-order valence-electron chi connectivity index (χ0n) is 16.3. The first-order valence-electron chi connectivity index (χ1n) is 9.55. The first-order chi connectivity index (χ1) is 14.4. The molecule has 0 radical (unpaired) electrons. The summed E-state index contributed by atoms with van der Waals surface area (Å²) in [5.74, 6) is -0.561. The van der Waals surface area contributed by atoms with E-state index in [-0.39, 0.29) is 16.6 Å². The first kappa shape index (κ1) is 20.2. The monoisotopic (exact) mass is 428 g/mol. The van der Waals surface area contributed by atoms with E-state index in [0.717, 1.165) is 17.5 Å². The maximum Gasteiger partial charge on any atom is 0.243 e. The summed E-state index contributed by atoms with van der Waals surface area (Å²) in [5.41, 5.74) is 2.75. The molecule has 1 saturated heterocycles. The lowest BCUT2D eigenvalue weighted by Gasteiger charge is -2.24. The van der Waals surface area contributed by atoms with Gasteiger partial charge in [0.15, 0.2) is 0 Å². The molecule has 2 N–H and O–H groups in total. The highest BCUT2D eigenvalue weighted by Gasteiger charge is 2.38. The van der Waals surface area contributed by atoms with Crippen molar-refractivity contribution in [3.8, 4) is 11.1 Å². The van der Waals surface area contributed by atoms with Crippen LogP contribution < -0.4 is 5.32 Å². The van der Waals surface area contributed by atoms with Crippen LogP contribution in [0.4, 0.5) is 10.1 Å². The molecule has 0 aliphatic carbocycles. The number of hydrogen-bond donors (Lipinski definition) is 2. The van der Waals surface area contributed by atoms with Gasteiger partial charge >= 0.3 is 0 Å². The molecular formula is C21H21FN4O3S. The number of hydrogen-bond acceptors (Lipinski definition) is 4. The molecule has 1 aliphatic heterocycles. The van der Waals surface area contributed by atoms with E-state index in [1.54, 1.807) is 30.5 Å². The van der Waals surface area contributed by atoms with Crippen molar-refractivity contribution in [3.63, 3.8) is 0 Å². The van der Waals surface area contributed by atoms with Crippen LogP contribution in [-0.4, -0.2) is 35.4 Å². The van der Waals surface area contributed by atoms with Crippen molar-refractivity contribution in [1.82, 2.24) is 14.5 Å². The number of aromatic amines is 1. The van der Waals surface area contributed by atoms with Gasteiger partial charge in [-0.2, -0.15) is 9.40 Å². The van der Waals surface area contributed by atoms with Crippen LogP contribution in [0.1, 0.15) is 31.5 Å². The average molecular weight is 428 g/mol. The van der Waals surface area contributed by atoms with Crippen molar-refractivity contribution >= 4 is 21.6 Å². The smallest absolute Gasteiger partial charge is 0.243 e. The number of sulfonamides is 1. The number of aromatic nitrogens is 2. The maximum absolute atomic E-state index is 13.3. The van der Waals surface area contributed by atoms with Gasteiger partial charge in [-0.15, -0.1) is 0 Å². The Labute approximate surface area is 174 Å². The third-order valence-corrected chi connectivity index (χ3v) is 7.06. The molecule has 156 valence electrons. The zero-order valence-corrected chi connectivity index (χ0v) is 17.1. The molecule has 1 aromatic heterocycles. The summed E-state index contributed by atoms with van der Waals surface area (Å²) < 4.78 is 41.4. The van der Waals surface area contributed by atoms with Gasteiger partial charge in [-0.1, -0.05) is 12.1 Å². The van der Waals surface area contributed by atoms with Crippen LogP contribution in [0.25, 0.3) is 11.1 Å². The van der Waals surface area contributed by atoms with E-state index >= 15 is 0 Å². The Morgan fingerprint density at radius 2 is 1.87 bits per heavy atom. The summed E-state index contributed by atoms with van der Waals surface area (Å²) in [6, 6.07) is 11.8. The Morgan fingerprint density at radius 3 is 2.53 bits per heavy atom. The Morgan fingerprint density at radius 1 is 1.17 bits per heavy atom. The number of H-pyrrole nitrogens is 1. The topological polar surface area (TPSA) is 95.2 Å². The SMILES string of the molecule is CC(=O)Nc1ccc(S(=O)(=O)N2CCC[C@@H]2c2[nH]ncc2-c2ccc(F)cc2)cc1. The molecular weight excluding hydrogens is 407 g/mol. The average Bonchev–Trinajstić information content (AvgIpc) is 3.38. The van der Waals surface area contributed by atoms with Crippen LogP contribution in [0.3, 0.4) is 0 Å². The number of nitrogens with zero attached hydrogens (tertiary/aromatic N) is 2. The molecule has 1 aliphatic rings. The maximum atomic E-state index is 13.3. The molecule has 1 fully saturated rings. The molecule has 1 atom stereocenters. The van der Waals surface area contributed by atoms with Gasteiger partial charge in [-0.25, -0.2) is 12.8 Å². The van der Waals surface area contributed by atoms with Crippen molar-refractivity contribution < 1.29 is 17.6 Å². The molecule has 2 heterocycles. The van der Waals surface area contributed by atoms with Crippen LogP contribution in [0.15, 0.2) is 59.6 Å². The quantitative estimate of drug-likeness (QED) is 0.648. The molecule has 1 amide bonds. The van der Waals surface area contributed by atoms with Crippen molar-refractivity contribution in [2.45, 2.75) is 30.7 Å². The van der Waals surface area contributed by atoms with E-state index in [1.165, 1.54) is 35.5 Å². The molecule has 7 nitrogen and oxygen atoms in total. The van der Waals surface area contributed by atoms with Crippen LogP contribution in [0.5, 0.6) is 0 Å². The van der Waals surface area contributed by atoms with E-state index in [1.807, 2.05) is 0 Å². The fraction of sp³-hybridized carbons (Fsp3) is 0.238. The Balaban J connectivity index is 1.65. The molecule has 0 bridgehead atoms. The summed E-state index contributed by atoms with van der Waals surface area (Å²) >= 11 is 0. The Kier molecular flexibility index (Phi) is 5.40. The molecule has 2 aromatic carbocycles. The predicted octanol–water partition coefficient (Wildman–Crippen LogP) is 3.70. The minimum absolute atomic E-state index is 0.159. The molecule has 0 unspecified atom stereocenters. The Hall–Kier alpha value is -3.04. The minimum Gasteiger partial charge on any atom is -0.326 e. The number of anilines is 1. The van der Waals surface area contributed by atoms with Gasteiger partial charge in [0.05, 0.1) is 22.8 Å². The summed E-state index contributed by atoms with van der Waals surface area (Å²) in [7, 11) is -3.75. The number of rotatable bonds is 5. The van der Waals surface area contributed by atoms with Crippen LogP contribution in [0, 0.1) is 5.82 Å². The fourth-order valence-corrected chi connectivity index (χ4v) is 5.44. The predicted molar refractivity (Wildman–Crippen MR) is 111 cm³/mol. The van der Waals surface area contributed by atoms with Gasteiger partial charge < -0.3 is 5.32 Å². The first-order valence-corrected chi connectivity index (χ1v) is 11.0. The lowest BCUT2D eigenvalue weighted by molar-refractivity contribution is -0.114. The van der Waals surface area contributed by atoms with Crippen molar-refractivity contribution in [1.29, 1.82) is 0 Å². The van der Waals surface area contributed by atoms with Crippen molar-refractivity contribution in [3.05, 3.63) is 66.2 Å². The van der Waals surface area contributed by atoms with Crippen LogP contribution in [-0.2, 0) is 14.8 Å². The van der Waals surface area contributed by atoms with Crippen LogP contribution >= 0.6 is 0 Å². The van der Waals surface area contributed by atoms with E-state index in [0.29, 0.717) is 24.3 Å². The minimum atomic E-state index is -3.75. The third kappa shape index (κ3) is 3.86. The molecule has 0 saturated carbocycles. The van der Waals surface area contributed by atoms with E-state index in [9.17, 15) is 17.6 Å². The van der Waals surface area contributed by atoms with Gasteiger partial charge in [0.1, 0.15) is 5.82 Å². The Bertz CT molecular complexity index is 1160. The number of carbonyl (C=O) groups is 1. The second-order valence-electron chi connectivity index (χ2n) is 7.18. The van der Waals surface area contributed by atoms with Gasteiger partial charge in [0.25, 0.3) is 0 Å². The van der Waals surface area contributed by atoms with E-state index in [2.05, 4.69) is 15.5 Å². The molecule has 30 heavy (non-hydrogen) atoms. The lowest BCUT2D eigenvalue weighted by atomic mass is 10.0. The third-order valence-electron chi connectivity index (χ3n) is 5.14. The summed E-state index contributed by atoms with van der Waals surface area (Å²) in [5, 5.41) is 9.69. The summed E-state index contributed by atoms with van der Waals surface area (Å²) in [6.07, 6.45) is 3.00. The second-order valence-corrected chi connectivity index (χ2v) is 9.07. The molecule has 4 rings (SSSR count). The number of carbonyl (C=O) groups excluding carboxylic acids is 1. The lowest BCUT2D eigenvalue weighted by Crippen LogP contribution is -2.31. The standard InChI is InChI=1S/C21H21FN4O3S/c1-14(27)24-17-8-10-18(11-9-17)30(28,29)26-12-2-3-20(26)21-19(13-23-25-21)15-4-6-16(22)7-5-15/h4-11,13,20H,2-3,12H2,1H3,(H,23,25)(H,24,27)/t20-/m1/s1. The van der Waals surface area contributed by atoms with Crippen LogP contribution in [0.2, 0.25) is 0 Å². The van der Waals surface area contributed by atoms with E-state index in [4.69, 9.17) is 0 Å². The largest absolute Gasteiger partial charge is 0.326 e. The molecule has 3 aromatic rings.